The first-order valence-electron chi connectivity index (χ1n) is 10.5. The summed E-state index contributed by atoms with van der Waals surface area (Å²) in [5.74, 6) is 0.739. The predicted molar refractivity (Wildman–Crippen MR) is 121 cm³/mol. The SMILES string of the molecule is CC1=C(c2nc(-c3ccc(F)cc3)no2)C(c2cccc(Cl)c2)NC(=O)N1CCC(C)C. The Hall–Kier alpha value is -3.19. The molecule has 0 saturated heterocycles. The van der Waals surface area contributed by atoms with Crippen LogP contribution in [0.25, 0.3) is 17.0 Å². The molecular weight excluding hydrogens is 431 g/mol. The molecule has 2 amide bonds. The van der Waals surface area contributed by atoms with Crippen molar-refractivity contribution >= 4 is 23.2 Å². The first-order chi connectivity index (χ1) is 15.3. The number of allylic oxidation sites excluding steroid dienone is 1. The van der Waals surface area contributed by atoms with Gasteiger partial charge in [-0.2, -0.15) is 4.98 Å². The molecule has 1 atom stereocenters. The molecule has 4 rings (SSSR count). The molecule has 0 radical (unpaired) electrons. The normalized spacial score (nSPS) is 16.6. The van der Waals surface area contributed by atoms with Crippen LogP contribution < -0.4 is 5.32 Å². The molecule has 166 valence electrons. The van der Waals surface area contributed by atoms with Crippen LogP contribution in [0.1, 0.15) is 44.7 Å². The number of amides is 2. The highest BCUT2D eigenvalue weighted by atomic mass is 35.5. The van der Waals surface area contributed by atoms with Crippen molar-refractivity contribution in [1.29, 1.82) is 0 Å². The van der Waals surface area contributed by atoms with Crippen molar-refractivity contribution in [1.82, 2.24) is 20.4 Å². The van der Waals surface area contributed by atoms with Crippen molar-refractivity contribution < 1.29 is 13.7 Å². The minimum atomic E-state index is -0.502. The fourth-order valence-electron chi connectivity index (χ4n) is 3.70. The lowest BCUT2D eigenvalue weighted by Crippen LogP contribution is -2.46. The monoisotopic (exact) mass is 454 g/mol. The van der Waals surface area contributed by atoms with Crippen LogP contribution in [0.2, 0.25) is 5.02 Å². The lowest BCUT2D eigenvalue weighted by molar-refractivity contribution is 0.202. The summed E-state index contributed by atoms with van der Waals surface area (Å²) in [7, 11) is 0. The lowest BCUT2D eigenvalue weighted by atomic mass is 9.94. The van der Waals surface area contributed by atoms with Crippen LogP contribution in [0.5, 0.6) is 0 Å². The summed E-state index contributed by atoms with van der Waals surface area (Å²) in [6, 6.07) is 12.5. The topological polar surface area (TPSA) is 71.3 Å². The van der Waals surface area contributed by atoms with Crippen LogP contribution in [-0.4, -0.2) is 27.6 Å². The molecule has 0 saturated carbocycles. The first kappa shape index (κ1) is 22.0. The van der Waals surface area contributed by atoms with Gasteiger partial charge in [-0.25, -0.2) is 9.18 Å². The van der Waals surface area contributed by atoms with Gasteiger partial charge in [0, 0.05) is 22.8 Å². The maximum atomic E-state index is 13.3. The highest BCUT2D eigenvalue weighted by Crippen LogP contribution is 2.38. The van der Waals surface area contributed by atoms with Gasteiger partial charge < -0.3 is 9.84 Å². The minimum absolute atomic E-state index is 0.185. The Morgan fingerprint density at radius 2 is 1.97 bits per heavy atom. The van der Waals surface area contributed by atoms with Crippen molar-refractivity contribution in [3.05, 3.63) is 76.5 Å². The molecule has 2 heterocycles. The number of carbonyl (C=O) groups excluding carboxylic acids is 1. The number of urea groups is 1. The summed E-state index contributed by atoms with van der Waals surface area (Å²) in [6.07, 6.45) is 0.852. The van der Waals surface area contributed by atoms with Crippen molar-refractivity contribution in [2.75, 3.05) is 6.54 Å². The van der Waals surface area contributed by atoms with E-state index < -0.39 is 6.04 Å². The number of aromatic nitrogens is 2. The Balaban J connectivity index is 1.79. The molecule has 1 N–H and O–H groups in total. The maximum absolute atomic E-state index is 13.3. The highest BCUT2D eigenvalue weighted by molar-refractivity contribution is 6.30. The van der Waals surface area contributed by atoms with Gasteiger partial charge in [-0.3, -0.25) is 4.90 Å². The molecule has 1 aliphatic heterocycles. The van der Waals surface area contributed by atoms with Gasteiger partial charge in [0.05, 0.1) is 11.6 Å². The van der Waals surface area contributed by atoms with Gasteiger partial charge in [0.1, 0.15) is 5.82 Å². The van der Waals surface area contributed by atoms with Crippen molar-refractivity contribution in [3.8, 4) is 11.4 Å². The van der Waals surface area contributed by atoms with E-state index in [1.54, 1.807) is 29.2 Å². The van der Waals surface area contributed by atoms with Gasteiger partial charge in [-0.15, -0.1) is 0 Å². The number of hydrogen-bond donors (Lipinski definition) is 1. The number of benzene rings is 2. The molecule has 0 aliphatic carbocycles. The Bertz CT molecular complexity index is 1160. The molecule has 0 bridgehead atoms. The Kier molecular flexibility index (Phi) is 6.28. The van der Waals surface area contributed by atoms with E-state index in [4.69, 9.17) is 16.1 Å². The van der Waals surface area contributed by atoms with Crippen LogP contribution in [-0.2, 0) is 0 Å². The highest BCUT2D eigenvalue weighted by Gasteiger charge is 2.35. The average molecular weight is 455 g/mol. The summed E-state index contributed by atoms with van der Waals surface area (Å²) in [4.78, 5) is 19.2. The fourth-order valence-corrected chi connectivity index (χ4v) is 3.90. The molecule has 0 fully saturated rings. The van der Waals surface area contributed by atoms with Crippen LogP contribution in [0.3, 0.4) is 0 Å². The molecule has 1 aliphatic rings. The van der Waals surface area contributed by atoms with E-state index in [-0.39, 0.29) is 11.8 Å². The number of halogens is 2. The van der Waals surface area contributed by atoms with Gasteiger partial charge >= 0.3 is 6.03 Å². The number of nitrogens with zero attached hydrogens (tertiary/aromatic N) is 3. The van der Waals surface area contributed by atoms with Gasteiger partial charge in [-0.05, 0) is 61.2 Å². The van der Waals surface area contributed by atoms with Crippen LogP contribution in [0, 0.1) is 11.7 Å². The largest absolute Gasteiger partial charge is 0.334 e. The zero-order chi connectivity index (χ0) is 22.8. The van der Waals surface area contributed by atoms with Crippen LogP contribution >= 0.6 is 11.6 Å². The molecule has 8 heteroatoms. The minimum Gasteiger partial charge on any atom is -0.334 e. The average Bonchev–Trinajstić information content (AvgIpc) is 3.23. The lowest BCUT2D eigenvalue weighted by Gasteiger charge is -2.35. The summed E-state index contributed by atoms with van der Waals surface area (Å²) < 4.78 is 18.9. The maximum Gasteiger partial charge on any atom is 0.322 e. The van der Waals surface area contributed by atoms with Crippen LogP contribution in [0.15, 0.2) is 58.8 Å². The summed E-state index contributed by atoms with van der Waals surface area (Å²) in [6.45, 7) is 6.68. The zero-order valence-corrected chi connectivity index (χ0v) is 18.9. The number of hydrogen-bond acceptors (Lipinski definition) is 4. The van der Waals surface area contributed by atoms with E-state index in [1.165, 1.54) is 12.1 Å². The smallest absolute Gasteiger partial charge is 0.322 e. The van der Waals surface area contributed by atoms with Gasteiger partial charge in [0.25, 0.3) is 5.89 Å². The van der Waals surface area contributed by atoms with Crippen molar-refractivity contribution in [3.63, 3.8) is 0 Å². The van der Waals surface area contributed by atoms with E-state index in [2.05, 4.69) is 29.3 Å². The second-order valence-electron chi connectivity index (χ2n) is 8.20. The summed E-state index contributed by atoms with van der Waals surface area (Å²) >= 11 is 6.22. The molecular formula is C24H24ClFN4O2. The van der Waals surface area contributed by atoms with E-state index in [1.807, 2.05) is 19.1 Å². The third-order valence-corrected chi connectivity index (χ3v) is 5.70. The molecule has 2 aromatic carbocycles. The zero-order valence-electron chi connectivity index (χ0n) is 18.1. The molecule has 1 unspecified atom stereocenters. The fraction of sp³-hybridized carbons (Fsp3) is 0.292. The number of nitrogens with one attached hydrogen (secondary N) is 1. The van der Waals surface area contributed by atoms with E-state index >= 15 is 0 Å². The van der Waals surface area contributed by atoms with Gasteiger partial charge in [-0.1, -0.05) is 42.7 Å². The third-order valence-electron chi connectivity index (χ3n) is 5.47. The second-order valence-corrected chi connectivity index (χ2v) is 8.64. The molecule has 32 heavy (non-hydrogen) atoms. The number of carbonyl (C=O) groups is 1. The molecule has 3 aromatic rings. The summed E-state index contributed by atoms with van der Waals surface area (Å²) in [5, 5.41) is 7.72. The Morgan fingerprint density at radius 1 is 1.22 bits per heavy atom. The van der Waals surface area contributed by atoms with Crippen molar-refractivity contribution in [2.24, 2.45) is 5.92 Å². The second kappa shape index (κ2) is 9.12. The first-order valence-corrected chi connectivity index (χ1v) is 10.9. The molecule has 6 nitrogen and oxygen atoms in total. The van der Waals surface area contributed by atoms with E-state index in [0.717, 1.165) is 17.7 Å². The van der Waals surface area contributed by atoms with Crippen LogP contribution in [0.4, 0.5) is 9.18 Å². The van der Waals surface area contributed by atoms with Gasteiger partial charge in [0.2, 0.25) is 5.82 Å². The van der Waals surface area contributed by atoms with Crippen molar-refractivity contribution in [2.45, 2.75) is 33.2 Å². The quantitative estimate of drug-likeness (QED) is 0.490. The van der Waals surface area contributed by atoms with E-state index in [9.17, 15) is 9.18 Å². The molecule has 1 aromatic heterocycles. The molecule has 0 spiro atoms. The Labute approximate surface area is 191 Å². The van der Waals surface area contributed by atoms with E-state index in [0.29, 0.717) is 40.3 Å². The Morgan fingerprint density at radius 3 is 2.66 bits per heavy atom. The third kappa shape index (κ3) is 4.53. The standard InChI is InChI=1S/C24H24ClFN4O2/c1-14(2)11-12-30-15(3)20(21(27-24(30)31)17-5-4-6-18(25)13-17)23-28-22(29-32-23)16-7-9-19(26)10-8-16/h4-10,13-14,21H,11-12H2,1-3H3,(H,27,31). The predicted octanol–water partition coefficient (Wildman–Crippen LogP) is 6.07. The number of rotatable bonds is 6. The summed E-state index contributed by atoms with van der Waals surface area (Å²) in [5.41, 5.74) is 2.89. The van der Waals surface area contributed by atoms with Gasteiger partial charge in [0.15, 0.2) is 0 Å².